The maximum atomic E-state index is 10.7. The number of imidazole rings is 1. The SMILES string of the molecule is C=CCn1c(SC/C(O)=C(\C#N)c2nc3ccccc3n2C)nnc1-c1ccco1. The second kappa shape index (κ2) is 8.31. The predicted octanol–water partition coefficient (Wildman–Crippen LogP) is 4.20. The summed E-state index contributed by atoms with van der Waals surface area (Å²) in [6.45, 7) is 4.25. The van der Waals surface area contributed by atoms with Gasteiger partial charge in [0.05, 0.1) is 23.0 Å². The second-order valence-corrected chi connectivity index (χ2v) is 7.33. The Balaban J connectivity index is 1.64. The molecule has 0 radical (unpaired) electrons. The zero-order valence-corrected chi connectivity index (χ0v) is 17.0. The molecule has 9 heteroatoms. The highest BCUT2D eigenvalue weighted by Gasteiger charge is 2.19. The van der Waals surface area contributed by atoms with Crippen LogP contribution in [-0.2, 0) is 13.6 Å². The van der Waals surface area contributed by atoms with Crippen molar-refractivity contribution < 1.29 is 9.52 Å². The van der Waals surface area contributed by atoms with Gasteiger partial charge < -0.3 is 14.1 Å². The number of aliphatic hydroxyl groups excluding tert-OH is 1. The molecule has 0 atom stereocenters. The molecule has 0 bridgehead atoms. The topological polar surface area (TPSA) is 106 Å². The number of nitrogens with zero attached hydrogens (tertiary/aromatic N) is 6. The number of rotatable bonds is 7. The van der Waals surface area contributed by atoms with Crippen molar-refractivity contribution in [3.8, 4) is 17.7 Å². The molecule has 0 aliphatic carbocycles. The van der Waals surface area contributed by atoms with Gasteiger partial charge in [0, 0.05) is 13.6 Å². The smallest absolute Gasteiger partial charge is 0.200 e. The number of aliphatic hydroxyl groups is 1. The van der Waals surface area contributed by atoms with Crippen LogP contribution in [0, 0.1) is 11.3 Å². The maximum absolute atomic E-state index is 10.7. The number of fused-ring (bicyclic) bond motifs is 1. The average Bonchev–Trinajstić information content (AvgIpc) is 3.48. The van der Waals surface area contributed by atoms with Gasteiger partial charge in [-0.3, -0.25) is 4.57 Å². The molecule has 1 aromatic carbocycles. The van der Waals surface area contributed by atoms with E-state index in [1.165, 1.54) is 11.8 Å². The highest BCUT2D eigenvalue weighted by atomic mass is 32.2. The first kappa shape index (κ1) is 19.5. The van der Waals surface area contributed by atoms with Crippen LogP contribution in [0.1, 0.15) is 5.82 Å². The number of para-hydroxylation sites is 2. The third kappa shape index (κ3) is 3.49. The number of furan rings is 1. The first-order valence-corrected chi connectivity index (χ1v) is 10.1. The van der Waals surface area contributed by atoms with Crippen molar-refractivity contribution in [1.29, 1.82) is 5.26 Å². The van der Waals surface area contributed by atoms with Crippen LogP contribution in [0.2, 0.25) is 0 Å². The molecule has 0 fully saturated rings. The number of aromatic nitrogens is 5. The average molecular weight is 418 g/mol. The van der Waals surface area contributed by atoms with Crippen LogP contribution in [0.3, 0.4) is 0 Å². The van der Waals surface area contributed by atoms with Gasteiger partial charge in [0.1, 0.15) is 17.4 Å². The van der Waals surface area contributed by atoms with Crippen molar-refractivity contribution in [1.82, 2.24) is 24.3 Å². The molecule has 4 rings (SSSR count). The molecule has 4 aromatic rings. The highest BCUT2D eigenvalue weighted by Crippen LogP contribution is 2.28. The Morgan fingerprint density at radius 1 is 1.30 bits per heavy atom. The fraction of sp³-hybridized carbons (Fsp3) is 0.143. The van der Waals surface area contributed by atoms with E-state index in [0.29, 0.717) is 29.1 Å². The lowest BCUT2D eigenvalue weighted by Gasteiger charge is -2.07. The summed E-state index contributed by atoms with van der Waals surface area (Å²) >= 11 is 1.27. The Hall–Kier alpha value is -3.77. The van der Waals surface area contributed by atoms with Gasteiger partial charge in [-0.25, -0.2) is 4.98 Å². The molecule has 0 aliphatic rings. The van der Waals surface area contributed by atoms with Crippen molar-refractivity contribution >= 4 is 28.4 Å². The summed E-state index contributed by atoms with van der Waals surface area (Å²) in [4.78, 5) is 4.50. The zero-order valence-electron chi connectivity index (χ0n) is 16.2. The number of hydrogen-bond donors (Lipinski definition) is 1. The van der Waals surface area contributed by atoms with Crippen LogP contribution < -0.4 is 0 Å². The summed E-state index contributed by atoms with van der Waals surface area (Å²) in [5.74, 6) is 1.64. The number of allylic oxidation sites excluding steroid dienone is 2. The lowest BCUT2D eigenvalue weighted by molar-refractivity contribution is 0.420. The molecule has 0 spiro atoms. The minimum atomic E-state index is -0.0754. The minimum Gasteiger partial charge on any atom is -0.510 e. The van der Waals surface area contributed by atoms with Crippen molar-refractivity contribution in [2.45, 2.75) is 11.7 Å². The lowest BCUT2D eigenvalue weighted by atomic mass is 10.2. The quantitative estimate of drug-likeness (QED) is 0.207. The fourth-order valence-electron chi connectivity index (χ4n) is 3.10. The van der Waals surface area contributed by atoms with Crippen molar-refractivity contribution in [3.05, 3.63) is 66.9 Å². The van der Waals surface area contributed by atoms with Gasteiger partial charge in [-0.15, -0.1) is 16.8 Å². The molecule has 0 unspecified atom stereocenters. The molecular formula is C21H18N6O2S. The van der Waals surface area contributed by atoms with E-state index in [1.54, 1.807) is 29.0 Å². The van der Waals surface area contributed by atoms with Gasteiger partial charge in [0.25, 0.3) is 0 Å². The molecule has 3 aromatic heterocycles. The van der Waals surface area contributed by atoms with E-state index in [4.69, 9.17) is 4.42 Å². The summed E-state index contributed by atoms with van der Waals surface area (Å²) in [6, 6.07) is 13.2. The molecule has 1 N–H and O–H groups in total. The van der Waals surface area contributed by atoms with E-state index in [0.717, 1.165) is 11.0 Å². The number of hydrogen-bond acceptors (Lipinski definition) is 7. The standard InChI is InChI=1S/C21H18N6O2S/c1-3-10-27-20(18-9-6-11-29-18)24-25-21(27)30-13-17(28)14(12-22)19-23-15-7-4-5-8-16(15)26(19)2/h3-9,11,28H,1,10,13H2,2H3/b17-14-. The minimum absolute atomic E-state index is 0.0754. The van der Waals surface area contributed by atoms with Crippen LogP contribution in [0.5, 0.6) is 0 Å². The van der Waals surface area contributed by atoms with Crippen molar-refractivity contribution in [2.75, 3.05) is 5.75 Å². The molecule has 150 valence electrons. The maximum Gasteiger partial charge on any atom is 0.200 e. The van der Waals surface area contributed by atoms with Gasteiger partial charge in [-0.1, -0.05) is 30.0 Å². The van der Waals surface area contributed by atoms with Gasteiger partial charge in [-0.2, -0.15) is 5.26 Å². The van der Waals surface area contributed by atoms with Crippen LogP contribution in [0.25, 0.3) is 28.2 Å². The first-order chi connectivity index (χ1) is 14.6. The summed E-state index contributed by atoms with van der Waals surface area (Å²) in [6.07, 6.45) is 3.30. The van der Waals surface area contributed by atoms with E-state index in [1.807, 2.05) is 35.9 Å². The third-order valence-corrected chi connectivity index (χ3v) is 5.50. The Kier molecular flexibility index (Phi) is 5.41. The molecule has 0 saturated carbocycles. The van der Waals surface area contributed by atoms with Gasteiger partial charge >= 0.3 is 0 Å². The predicted molar refractivity (Wildman–Crippen MR) is 115 cm³/mol. The number of thioether (sulfide) groups is 1. The molecule has 8 nitrogen and oxygen atoms in total. The van der Waals surface area contributed by atoms with Crippen molar-refractivity contribution in [2.24, 2.45) is 7.05 Å². The van der Waals surface area contributed by atoms with Crippen molar-refractivity contribution in [3.63, 3.8) is 0 Å². The highest BCUT2D eigenvalue weighted by molar-refractivity contribution is 7.99. The first-order valence-electron chi connectivity index (χ1n) is 9.08. The van der Waals surface area contributed by atoms with E-state index in [2.05, 4.69) is 27.8 Å². The fourth-order valence-corrected chi connectivity index (χ4v) is 3.92. The second-order valence-electron chi connectivity index (χ2n) is 6.39. The summed E-state index contributed by atoms with van der Waals surface area (Å²) in [5.41, 5.74) is 1.77. The van der Waals surface area contributed by atoms with Crippen LogP contribution in [0.15, 0.2) is 70.6 Å². The largest absolute Gasteiger partial charge is 0.510 e. The Morgan fingerprint density at radius 2 is 2.13 bits per heavy atom. The van der Waals surface area contributed by atoms with E-state index in [9.17, 15) is 10.4 Å². The number of benzene rings is 1. The molecule has 0 amide bonds. The summed E-state index contributed by atoms with van der Waals surface area (Å²) < 4.78 is 9.06. The lowest BCUT2D eigenvalue weighted by Crippen LogP contribution is -2.03. The zero-order chi connectivity index (χ0) is 21.1. The van der Waals surface area contributed by atoms with E-state index < -0.39 is 0 Å². The number of aryl methyl sites for hydroxylation is 1. The Morgan fingerprint density at radius 3 is 2.83 bits per heavy atom. The molecule has 30 heavy (non-hydrogen) atoms. The Bertz CT molecular complexity index is 1280. The monoisotopic (exact) mass is 418 g/mol. The van der Waals surface area contributed by atoms with Gasteiger partial charge in [-0.05, 0) is 24.3 Å². The van der Waals surface area contributed by atoms with Gasteiger partial charge in [0.15, 0.2) is 16.7 Å². The summed E-state index contributed by atoms with van der Waals surface area (Å²) in [5, 5.41) is 29.3. The number of nitriles is 1. The molecular weight excluding hydrogens is 400 g/mol. The van der Waals surface area contributed by atoms with Crippen LogP contribution in [0.4, 0.5) is 0 Å². The Labute approximate surface area is 176 Å². The van der Waals surface area contributed by atoms with E-state index in [-0.39, 0.29) is 17.1 Å². The van der Waals surface area contributed by atoms with Crippen LogP contribution in [-0.4, -0.2) is 35.2 Å². The van der Waals surface area contributed by atoms with E-state index >= 15 is 0 Å². The molecule has 3 heterocycles. The summed E-state index contributed by atoms with van der Waals surface area (Å²) in [7, 11) is 1.82. The van der Waals surface area contributed by atoms with Crippen LogP contribution >= 0.6 is 11.8 Å². The molecule has 0 aliphatic heterocycles. The normalized spacial score (nSPS) is 12.0. The molecule has 0 saturated heterocycles. The third-order valence-electron chi connectivity index (χ3n) is 4.52. The van der Waals surface area contributed by atoms with Gasteiger partial charge in [0.2, 0.25) is 5.82 Å².